The fraction of sp³-hybridized carbons (Fsp3) is 0.571. The zero-order valence-electron chi connectivity index (χ0n) is 16.8. The van der Waals surface area contributed by atoms with Gasteiger partial charge in [-0.3, -0.25) is 14.4 Å². The summed E-state index contributed by atoms with van der Waals surface area (Å²) in [6.07, 6.45) is 3.22. The third kappa shape index (κ3) is 6.55. The maximum Gasteiger partial charge on any atom is 0.325 e. The first-order valence-electron chi connectivity index (χ1n) is 9.86. The van der Waals surface area contributed by atoms with Gasteiger partial charge in [0.05, 0.1) is 6.61 Å². The lowest BCUT2D eigenvalue weighted by molar-refractivity contribution is -0.147. The molecular weight excluding hydrogens is 360 g/mol. The fourth-order valence-corrected chi connectivity index (χ4v) is 3.35. The van der Waals surface area contributed by atoms with Crippen molar-refractivity contribution in [3.05, 3.63) is 29.8 Å². The Morgan fingerprint density at radius 1 is 1.11 bits per heavy atom. The maximum absolute atomic E-state index is 12.0. The van der Waals surface area contributed by atoms with Crippen LogP contribution in [0.5, 0.6) is 5.75 Å². The van der Waals surface area contributed by atoms with E-state index in [-0.39, 0.29) is 25.1 Å². The minimum Gasteiger partial charge on any atom is -0.494 e. The predicted octanol–water partition coefficient (Wildman–Crippen LogP) is 2.30. The van der Waals surface area contributed by atoms with E-state index in [1.807, 2.05) is 6.92 Å². The fourth-order valence-electron chi connectivity index (χ4n) is 3.35. The molecule has 1 saturated carbocycles. The number of rotatable bonds is 8. The van der Waals surface area contributed by atoms with Crippen molar-refractivity contribution >= 4 is 17.8 Å². The SMILES string of the molecule is CCOc1ccc(C(=O)NCC(=O)OCC(=O)NC2CCCC(C)C2C)cc1. The summed E-state index contributed by atoms with van der Waals surface area (Å²) in [5, 5.41) is 5.43. The van der Waals surface area contributed by atoms with Gasteiger partial charge < -0.3 is 20.1 Å². The van der Waals surface area contributed by atoms with E-state index in [2.05, 4.69) is 24.5 Å². The van der Waals surface area contributed by atoms with Crippen molar-refractivity contribution in [3.63, 3.8) is 0 Å². The summed E-state index contributed by atoms with van der Waals surface area (Å²) in [4.78, 5) is 35.9. The number of carbonyl (C=O) groups excluding carboxylic acids is 3. The van der Waals surface area contributed by atoms with E-state index in [1.165, 1.54) is 6.42 Å². The second-order valence-electron chi connectivity index (χ2n) is 7.24. The van der Waals surface area contributed by atoms with Crippen LogP contribution in [-0.2, 0) is 14.3 Å². The average molecular weight is 390 g/mol. The molecule has 0 heterocycles. The summed E-state index contributed by atoms with van der Waals surface area (Å²) in [5.41, 5.74) is 0.411. The zero-order chi connectivity index (χ0) is 20.5. The van der Waals surface area contributed by atoms with E-state index in [9.17, 15) is 14.4 Å². The van der Waals surface area contributed by atoms with Gasteiger partial charge in [0.2, 0.25) is 0 Å². The molecule has 3 unspecified atom stereocenters. The Morgan fingerprint density at radius 2 is 1.82 bits per heavy atom. The van der Waals surface area contributed by atoms with Crippen LogP contribution < -0.4 is 15.4 Å². The first kappa shape index (κ1) is 21.7. The van der Waals surface area contributed by atoms with E-state index < -0.39 is 11.9 Å². The van der Waals surface area contributed by atoms with Crippen LogP contribution in [0.1, 0.15) is 50.4 Å². The molecule has 154 valence electrons. The molecular formula is C21H30N2O5. The van der Waals surface area contributed by atoms with Crippen LogP contribution in [0, 0.1) is 11.8 Å². The number of nitrogens with one attached hydrogen (secondary N) is 2. The van der Waals surface area contributed by atoms with Crippen molar-refractivity contribution in [2.75, 3.05) is 19.8 Å². The Labute approximate surface area is 166 Å². The van der Waals surface area contributed by atoms with E-state index in [0.29, 0.717) is 29.8 Å². The average Bonchev–Trinajstić information content (AvgIpc) is 2.69. The van der Waals surface area contributed by atoms with Gasteiger partial charge in [0.1, 0.15) is 12.3 Å². The molecule has 3 atom stereocenters. The van der Waals surface area contributed by atoms with Crippen molar-refractivity contribution < 1.29 is 23.9 Å². The molecule has 0 bridgehead atoms. The van der Waals surface area contributed by atoms with E-state index in [4.69, 9.17) is 9.47 Å². The highest BCUT2D eigenvalue weighted by Gasteiger charge is 2.28. The topological polar surface area (TPSA) is 93.7 Å². The summed E-state index contributed by atoms with van der Waals surface area (Å²) in [6, 6.07) is 6.73. The third-order valence-electron chi connectivity index (χ3n) is 5.24. The predicted molar refractivity (Wildman–Crippen MR) is 105 cm³/mol. The van der Waals surface area contributed by atoms with E-state index in [0.717, 1.165) is 12.8 Å². The van der Waals surface area contributed by atoms with Crippen molar-refractivity contribution in [3.8, 4) is 5.75 Å². The molecule has 1 aliphatic carbocycles. The number of benzene rings is 1. The Hall–Kier alpha value is -2.57. The molecule has 0 radical (unpaired) electrons. The minimum atomic E-state index is -0.653. The Morgan fingerprint density at radius 3 is 2.50 bits per heavy atom. The molecule has 0 saturated heterocycles. The lowest BCUT2D eigenvalue weighted by atomic mass is 9.78. The van der Waals surface area contributed by atoms with Crippen molar-refractivity contribution in [2.24, 2.45) is 11.8 Å². The zero-order valence-corrected chi connectivity index (χ0v) is 16.8. The van der Waals surface area contributed by atoms with Gasteiger partial charge in [-0.15, -0.1) is 0 Å². The minimum absolute atomic E-state index is 0.120. The summed E-state index contributed by atoms with van der Waals surface area (Å²) in [6.45, 7) is 6.12. The monoisotopic (exact) mass is 390 g/mol. The van der Waals surface area contributed by atoms with E-state index in [1.54, 1.807) is 24.3 Å². The van der Waals surface area contributed by atoms with Crippen molar-refractivity contribution in [2.45, 2.75) is 46.1 Å². The van der Waals surface area contributed by atoms with Gasteiger partial charge in [-0.25, -0.2) is 0 Å². The van der Waals surface area contributed by atoms with Crippen LogP contribution >= 0.6 is 0 Å². The van der Waals surface area contributed by atoms with Gasteiger partial charge in [0, 0.05) is 11.6 Å². The molecule has 1 aliphatic rings. The highest BCUT2D eigenvalue weighted by molar-refractivity contribution is 5.96. The molecule has 2 N–H and O–H groups in total. The molecule has 0 spiro atoms. The molecule has 2 amide bonds. The number of ether oxygens (including phenoxy) is 2. The van der Waals surface area contributed by atoms with Crippen molar-refractivity contribution in [1.82, 2.24) is 10.6 Å². The van der Waals surface area contributed by atoms with Gasteiger partial charge in [0.25, 0.3) is 11.8 Å². The van der Waals surface area contributed by atoms with Crippen LogP contribution in [0.25, 0.3) is 0 Å². The second-order valence-corrected chi connectivity index (χ2v) is 7.24. The maximum atomic E-state index is 12.0. The molecule has 2 rings (SSSR count). The number of hydrogen-bond donors (Lipinski definition) is 2. The van der Waals surface area contributed by atoms with Crippen LogP contribution in [0.3, 0.4) is 0 Å². The molecule has 1 aromatic rings. The van der Waals surface area contributed by atoms with Crippen molar-refractivity contribution in [1.29, 1.82) is 0 Å². The highest BCUT2D eigenvalue weighted by Crippen LogP contribution is 2.29. The molecule has 7 nitrogen and oxygen atoms in total. The standard InChI is InChI=1S/C21H30N2O5/c1-4-27-17-10-8-16(9-11-17)21(26)22-12-20(25)28-13-19(24)23-18-7-5-6-14(2)15(18)3/h8-11,14-15,18H,4-7,12-13H2,1-3H3,(H,22,26)(H,23,24). The molecule has 7 heteroatoms. The number of hydrogen-bond acceptors (Lipinski definition) is 5. The summed E-state index contributed by atoms with van der Waals surface area (Å²) in [7, 11) is 0. The first-order chi connectivity index (χ1) is 13.4. The molecule has 0 aliphatic heterocycles. The lowest BCUT2D eigenvalue weighted by Crippen LogP contribution is -2.45. The molecule has 0 aromatic heterocycles. The van der Waals surface area contributed by atoms with Gasteiger partial charge in [-0.1, -0.05) is 26.7 Å². The Kier molecular flexibility index (Phi) is 8.29. The van der Waals surface area contributed by atoms with Crippen LogP contribution in [0.4, 0.5) is 0 Å². The lowest BCUT2D eigenvalue weighted by Gasteiger charge is -2.34. The largest absolute Gasteiger partial charge is 0.494 e. The summed E-state index contributed by atoms with van der Waals surface area (Å²) < 4.78 is 10.3. The normalized spacial score (nSPS) is 21.5. The molecule has 1 aromatic carbocycles. The van der Waals surface area contributed by atoms with Crippen LogP contribution in [0.2, 0.25) is 0 Å². The molecule has 1 fully saturated rings. The Balaban J connectivity index is 1.69. The van der Waals surface area contributed by atoms with Gasteiger partial charge in [-0.05, 0) is 49.4 Å². The molecule has 28 heavy (non-hydrogen) atoms. The van der Waals surface area contributed by atoms with Gasteiger partial charge >= 0.3 is 5.97 Å². The third-order valence-corrected chi connectivity index (χ3v) is 5.24. The highest BCUT2D eigenvalue weighted by atomic mass is 16.5. The number of carbonyl (C=O) groups is 3. The van der Waals surface area contributed by atoms with Gasteiger partial charge in [0.15, 0.2) is 6.61 Å². The quantitative estimate of drug-likeness (QED) is 0.665. The number of amides is 2. The van der Waals surface area contributed by atoms with Gasteiger partial charge in [-0.2, -0.15) is 0 Å². The number of esters is 1. The van der Waals surface area contributed by atoms with E-state index >= 15 is 0 Å². The Bertz CT molecular complexity index is 674. The summed E-state index contributed by atoms with van der Waals surface area (Å²) in [5.74, 6) is 0.290. The van der Waals surface area contributed by atoms with Crippen LogP contribution in [-0.4, -0.2) is 43.6 Å². The first-order valence-corrected chi connectivity index (χ1v) is 9.86. The second kappa shape index (κ2) is 10.7. The smallest absolute Gasteiger partial charge is 0.325 e. The van der Waals surface area contributed by atoms with Crippen LogP contribution in [0.15, 0.2) is 24.3 Å². The summed E-state index contributed by atoms with van der Waals surface area (Å²) >= 11 is 0.